The Morgan fingerprint density at radius 1 is 1.04 bits per heavy atom. The molecule has 0 aromatic heterocycles. The zero-order valence-electron chi connectivity index (χ0n) is 15.3. The van der Waals surface area contributed by atoms with Crippen LogP contribution in [0.2, 0.25) is 0 Å². The molecule has 2 aromatic carbocycles. The van der Waals surface area contributed by atoms with E-state index in [0.29, 0.717) is 18.6 Å². The fourth-order valence-electron chi connectivity index (χ4n) is 2.41. The van der Waals surface area contributed by atoms with E-state index in [2.05, 4.69) is 5.32 Å². The van der Waals surface area contributed by atoms with Gasteiger partial charge in [0.25, 0.3) is 0 Å². The molecule has 2 rings (SSSR count). The molecule has 5 nitrogen and oxygen atoms in total. The third kappa shape index (κ3) is 6.61. The molecule has 0 heterocycles. The normalized spacial score (nSPS) is 11.0. The lowest BCUT2D eigenvalue weighted by Crippen LogP contribution is -2.31. The number of para-hydroxylation sites is 2. The second-order valence-electron chi connectivity index (χ2n) is 6.10. The van der Waals surface area contributed by atoms with E-state index in [0.717, 1.165) is 11.3 Å². The summed E-state index contributed by atoms with van der Waals surface area (Å²) in [4.78, 5) is 23.1. The number of carbonyl (C=O) groups excluding carboxylic acids is 2. The number of anilines is 1. The second kappa shape index (κ2) is 9.77. The third-order valence-electron chi connectivity index (χ3n) is 3.90. The molecule has 0 fully saturated rings. The van der Waals surface area contributed by atoms with Crippen molar-refractivity contribution in [2.45, 2.75) is 32.5 Å². The van der Waals surface area contributed by atoms with Crippen molar-refractivity contribution in [2.75, 3.05) is 11.9 Å². The molecule has 0 saturated heterocycles. The molecule has 0 aliphatic heterocycles. The van der Waals surface area contributed by atoms with Gasteiger partial charge in [-0.15, -0.1) is 0 Å². The van der Waals surface area contributed by atoms with Crippen molar-refractivity contribution < 1.29 is 27.5 Å². The lowest BCUT2D eigenvalue weighted by molar-refractivity contribution is -0.167. The van der Waals surface area contributed by atoms with Crippen LogP contribution in [0.4, 0.5) is 18.9 Å². The number of amides is 2. The van der Waals surface area contributed by atoms with E-state index in [4.69, 9.17) is 4.74 Å². The highest BCUT2D eigenvalue weighted by Crippen LogP contribution is 2.21. The quantitative estimate of drug-likeness (QED) is 0.666. The lowest BCUT2D eigenvalue weighted by atomic mass is 10.1. The minimum atomic E-state index is -4.98. The number of benzene rings is 2. The Morgan fingerprint density at radius 2 is 1.71 bits per heavy atom. The van der Waals surface area contributed by atoms with Crippen LogP contribution >= 0.6 is 0 Å². The Hall–Kier alpha value is -3.03. The number of halogens is 3. The molecular formula is C20H21F3N2O3. The van der Waals surface area contributed by atoms with E-state index < -0.39 is 12.1 Å². The first-order valence-corrected chi connectivity index (χ1v) is 8.68. The summed E-state index contributed by atoms with van der Waals surface area (Å²) in [6, 6.07) is 13.5. The molecule has 0 aliphatic carbocycles. The number of aryl methyl sites for hydroxylation is 1. The molecule has 0 aliphatic rings. The first-order valence-electron chi connectivity index (χ1n) is 8.68. The Morgan fingerprint density at radius 3 is 2.43 bits per heavy atom. The van der Waals surface area contributed by atoms with Crippen LogP contribution in [0.1, 0.15) is 24.0 Å². The van der Waals surface area contributed by atoms with Gasteiger partial charge in [0.1, 0.15) is 5.75 Å². The van der Waals surface area contributed by atoms with Crippen molar-refractivity contribution in [3.63, 3.8) is 0 Å². The highest BCUT2D eigenvalue weighted by atomic mass is 19.4. The van der Waals surface area contributed by atoms with Crippen molar-refractivity contribution >= 4 is 17.5 Å². The molecule has 0 radical (unpaired) electrons. The predicted molar refractivity (Wildman–Crippen MR) is 98.9 cm³/mol. The fraction of sp³-hybridized carbons (Fsp3) is 0.300. The van der Waals surface area contributed by atoms with Gasteiger partial charge >= 0.3 is 12.1 Å². The van der Waals surface area contributed by atoms with Crippen molar-refractivity contribution in [3.8, 4) is 5.75 Å². The Labute approximate surface area is 160 Å². The van der Waals surface area contributed by atoms with Crippen molar-refractivity contribution in [2.24, 2.45) is 0 Å². The van der Waals surface area contributed by atoms with Crippen LogP contribution in [0.25, 0.3) is 0 Å². The molecule has 0 bridgehead atoms. The molecule has 0 spiro atoms. The minimum Gasteiger partial charge on any atom is -0.493 e. The van der Waals surface area contributed by atoms with Crippen molar-refractivity contribution in [1.29, 1.82) is 0 Å². The SMILES string of the molecule is Cc1ccccc1OCCCC(=O)NCc1ccccc1NC(=O)C(F)(F)F. The fourth-order valence-corrected chi connectivity index (χ4v) is 2.41. The minimum absolute atomic E-state index is 0.00575. The van der Waals surface area contributed by atoms with Gasteiger partial charge in [0.2, 0.25) is 5.91 Å². The summed E-state index contributed by atoms with van der Waals surface area (Å²) in [5.41, 5.74) is 1.39. The summed E-state index contributed by atoms with van der Waals surface area (Å²) in [6.45, 7) is 2.30. The highest BCUT2D eigenvalue weighted by molar-refractivity contribution is 5.95. The first-order chi connectivity index (χ1) is 13.3. The molecule has 0 saturated carbocycles. The molecule has 0 unspecified atom stereocenters. The van der Waals surface area contributed by atoms with Crippen molar-refractivity contribution in [1.82, 2.24) is 5.32 Å². The van der Waals surface area contributed by atoms with Gasteiger partial charge in [0, 0.05) is 18.7 Å². The first kappa shape index (κ1) is 21.3. The smallest absolute Gasteiger partial charge is 0.471 e. The van der Waals surface area contributed by atoms with Crippen LogP contribution in [-0.2, 0) is 16.1 Å². The summed E-state index contributed by atoms with van der Waals surface area (Å²) < 4.78 is 42.8. The maximum Gasteiger partial charge on any atom is 0.471 e. The van der Waals surface area contributed by atoms with E-state index in [-0.39, 0.29) is 24.6 Å². The number of hydrogen-bond donors (Lipinski definition) is 2. The summed E-state index contributed by atoms with van der Waals surface area (Å²) in [5.74, 6) is -1.55. The third-order valence-corrected chi connectivity index (χ3v) is 3.90. The monoisotopic (exact) mass is 394 g/mol. The predicted octanol–water partition coefficient (Wildman–Crippen LogP) is 3.97. The van der Waals surface area contributed by atoms with Gasteiger partial charge in [0.05, 0.1) is 6.61 Å². The maximum atomic E-state index is 12.4. The standard InChI is InChI=1S/C20H21F3N2O3/c1-14-7-2-5-10-17(14)28-12-6-11-18(26)24-13-15-8-3-4-9-16(15)25-19(27)20(21,22)23/h2-5,7-10H,6,11-13H2,1H3,(H,24,26)(H,25,27). The molecule has 8 heteroatoms. The van der Waals surface area contributed by atoms with Gasteiger partial charge in [-0.1, -0.05) is 36.4 Å². The summed E-state index contributed by atoms with van der Waals surface area (Å²) in [7, 11) is 0. The number of rotatable bonds is 8. The van der Waals surface area contributed by atoms with Gasteiger partial charge in [0.15, 0.2) is 0 Å². The maximum absolute atomic E-state index is 12.4. The van der Waals surface area contributed by atoms with E-state index in [1.165, 1.54) is 18.2 Å². The van der Waals surface area contributed by atoms with Gasteiger partial charge in [-0.05, 0) is 36.6 Å². The molecule has 2 aromatic rings. The molecule has 150 valence electrons. The Balaban J connectivity index is 1.78. The van der Waals surface area contributed by atoms with Crippen LogP contribution in [-0.4, -0.2) is 24.6 Å². The molecule has 0 atom stereocenters. The van der Waals surface area contributed by atoms with Crippen LogP contribution in [0, 0.1) is 6.92 Å². The number of ether oxygens (including phenoxy) is 1. The Kier molecular flexibility index (Phi) is 7.43. The molecule has 2 N–H and O–H groups in total. The molecular weight excluding hydrogens is 373 g/mol. The number of hydrogen-bond acceptors (Lipinski definition) is 3. The zero-order chi connectivity index (χ0) is 20.6. The molecule has 2 amide bonds. The van der Waals surface area contributed by atoms with Crippen molar-refractivity contribution in [3.05, 3.63) is 59.7 Å². The lowest BCUT2D eigenvalue weighted by Gasteiger charge is -2.13. The summed E-state index contributed by atoms with van der Waals surface area (Å²) >= 11 is 0. The van der Waals surface area contributed by atoms with Crippen LogP contribution in [0.5, 0.6) is 5.75 Å². The van der Waals surface area contributed by atoms with Gasteiger partial charge in [-0.2, -0.15) is 13.2 Å². The average molecular weight is 394 g/mol. The van der Waals surface area contributed by atoms with Crippen LogP contribution < -0.4 is 15.4 Å². The van der Waals surface area contributed by atoms with Gasteiger partial charge < -0.3 is 15.4 Å². The summed E-state index contributed by atoms with van der Waals surface area (Å²) in [6.07, 6.45) is -4.27. The van der Waals surface area contributed by atoms with E-state index in [9.17, 15) is 22.8 Å². The topological polar surface area (TPSA) is 67.4 Å². The molecule has 28 heavy (non-hydrogen) atoms. The average Bonchev–Trinajstić information content (AvgIpc) is 2.65. The number of carbonyl (C=O) groups is 2. The highest BCUT2D eigenvalue weighted by Gasteiger charge is 2.38. The second-order valence-corrected chi connectivity index (χ2v) is 6.10. The summed E-state index contributed by atoms with van der Waals surface area (Å²) in [5, 5.41) is 4.45. The van der Waals surface area contributed by atoms with Gasteiger partial charge in [-0.25, -0.2) is 0 Å². The zero-order valence-corrected chi connectivity index (χ0v) is 15.3. The van der Waals surface area contributed by atoms with E-state index in [1.807, 2.05) is 36.5 Å². The number of alkyl halides is 3. The largest absolute Gasteiger partial charge is 0.493 e. The Bertz CT molecular complexity index is 822. The number of nitrogens with one attached hydrogen (secondary N) is 2. The van der Waals surface area contributed by atoms with Gasteiger partial charge in [-0.3, -0.25) is 9.59 Å². The van der Waals surface area contributed by atoms with E-state index >= 15 is 0 Å². The van der Waals surface area contributed by atoms with Crippen LogP contribution in [0.3, 0.4) is 0 Å². The van der Waals surface area contributed by atoms with Crippen LogP contribution in [0.15, 0.2) is 48.5 Å². The van der Waals surface area contributed by atoms with E-state index in [1.54, 1.807) is 6.07 Å².